The van der Waals surface area contributed by atoms with E-state index >= 15 is 0 Å². The number of carboxylic acids is 1. The van der Waals surface area contributed by atoms with Crippen LogP contribution >= 0.6 is 11.3 Å². The number of para-hydroxylation sites is 1. The number of carboxylic acid groups (broad SMARTS) is 1. The Hall–Kier alpha value is -1.88. The second-order valence-electron chi connectivity index (χ2n) is 4.77. The number of hydrogen-bond acceptors (Lipinski definition) is 4. The van der Waals surface area contributed by atoms with E-state index in [0.29, 0.717) is 17.0 Å². The summed E-state index contributed by atoms with van der Waals surface area (Å²) < 4.78 is 0. The van der Waals surface area contributed by atoms with Crippen LogP contribution in [0.2, 0.25) is 0 Å². The molecular formula is C16H20N2O2S. The van der Waals surface area contributed by atoms with Crippen molar-refractivity contribution in [1.29, 1.82) is 0 Å². The summed E-state index contributed by atoms with van der Waals surface area (Å²) in [6.45, 7) is 4.92. The second-order valence-corrected chi connectivity index (χ2v) is 5.75. The molecule has 0 aliphatic carbocycles. The monoisotopic (exact) mass is 304 g/mol. The molecule has 0 radical (unpaired) electrons. The van der Waals surface area contributed by atoms with Crippen molar-refractivity contribution in [3.05, 3.63) is 40.9 Å². The summed E-state index contributed by atoms with van der Waals surface area (Å²) >= 11 is 1.26. The van der Waals surface area contributed by atoms with Crippen LogP contribution in [0, 0.1) is 0 Å². The number of aromatic nitrogens is 1. The maximum Gasteiger partial charge on any atom is 0.347 e. The summed E-state index contributed by atoms with van der Waals surface area (Å²) in [5.41, 5.74) is 1.72. The van der Waals surface area contributed by atoms with Crippen LogP contribution in [0.4, 0.5) is 10.8 Å². The average Bonchev–Trinajstić information content (AvgIpc) is 2.93. The molecule has 0 aliphatic rings. The molecule has 0 atom stereocenters. The summed E-state index contributed by atoms with van der Waals surface area (Å²) in [4.78, 5) is 18.3. The number of benzene rings is 1. The Bertz CT molecular complexity index is 596. The number of nitrogens with zero attached hydrogens (tertiary/aromatic N) is 2. The van der Waals surface area contributed by atoms with Crippen molar-refractivity contribution in [2.45, 2.75) is 33.1 Å². The molecule has 1 aromatic heterocycles. The standard InChI is InChI=1S/C16H20N2O2S/c1-3-5-11-18(12-9-7-6-8-10-12)16-17-13(4-2)14(21-16)15(19)20/h6-10H,3-5,11H2,1-2H3,(H,19,20). The van der Waals surface area contributed by atoms with Gasteiger partial charge in [-0.3, -0.25) is 0 Å². The van der Waals surface area contributed by atoms with Crippen LogP contribution in [0.15, 0.2) is 30.3 Å². The normalized spacial score (nSPS) is 10.6. The lowest BCUT2D eigenvalue weighted by Crippen LogP contribution is -2.18. The minimum Gasteiger partial charge on any atom is -0.477 e. The second kappa shape index (κ2) is 7.22. The van der Waals surface area contributed by atoms with Crippen molar-refractivity contribution in [1.82, 2.24) is 4.98 Å². The minimum absolute atomic E-state index is 0.352. The molecule has 5 heteroatoms. The molecule has 1 heterocycles. The van der Waals surface area contributed by atoms with Crippen LogP contribution in [0.25, 0.3) is 0 Å². The van der Waals surface area contributed by atoms with Gasteiger partial charge in [0.2, 0.25) is 0 Å². The van der Waals surface area contributed by atoms with E-state index in [1.54, 1.807) is 0 Å². The van der Waals surface area contributed by atoms with Gasteiger partial charge in [-0.15, -0.1) is 0 Å². The Morgan fingerprint density at radius 1 is 1.29 bits per heavy atom. The molecule has 0 spiro atoms. The largest absolute Gasteiger partial charge is 0.477 e. The van der Waals surface area contributed by atoms with Crippen molar-refractivity contribution in [3.63, 3.8) is 0 Å². The molecule has 1 N–H and O–H groups in total. The molecule has 0 unspecified atom stereocenters. The Kier molecular flexibility index (Phi) is 5.33. The van der Waals surface area contributed by atoms with Crippen molar-refractivity contribution < 1.29 is 9.90 Å². The number of anilines is 2. The third-order valence-electron chi connectivity index (χ3n) is 3.25. The predicted molar refractivity (Wildman–Crippen MR) is 86.8 cm³/mol. The van der Waals surface area contributed by atoms with Gasteiger partial charge >= 0.3 is 5.97 Å². The maximum atomic E-state index is 11.3. The first-order chi connectivity index (χ1) is 10.2. The predicted octanol–water partition coefficient (Wildman–Crippen LogP) is 4.34. The number of aryl methyl sites for hydroxylation is 1. The van der Waals surface area contributed by atoms with Gasteiger partial charge in [0.05, 0.1) is 5.69 Å². The topological polar surface area (TPSA) is 53.4 Å². The van der Waals surface area contributed by atoms with Gasteiger partial charge in [0.15, 0.2) is 5.13 Å². The van der Waals surface area contributed by atoms with E-state index in [1.165, 1.54) is 11.3 Å². The average molecular weight is 304 g/mol. The van der Waals surface area contributed by atoms with Gasteiger partial charge in [-0.25, -0.2) is 9.78 Å². The van der Waals surface area contributed by atoms with Crippen LogP contribution in [-0.2, 0) is 6.42 Å². The molecule has 4 nitrogen and oxygen atoms in total. The summed E-state index contributed by atoms with van der Waals surface area (Å²) in [6, 6.07) is 10.0. The van der Waals surface area contributed by atoms with E-state index in [2.05, 4.69) is 16.8 Å². The van der Waals surface area contributed by atoms with Gasteiger partial charge in [-0.2, -0.15) is 0 Å². The zero-order chi connectivity index (χ0) is 15.2. The fourth-order valence-corrected chi connectivity index (χ4v) is 3.16. The molecule has 112 valence electrons. The molecule has 0 amide bonds. The molecule has 21 heavy (non-hydrogen) atoms. The van der Waals surface area contributed by atoms with E-state index in [9.17, 15) is 9.90 Å². The van der Waals surface area contributed by atoms with Gasteiger partial charge in [0, 0.05) is 12.2 Å². The summed E-state index contributed by atoms with van der Waals surface area (Å²) in [7, 11) is 0. The van der Waals surface area contributed by atoms with Gasteiger partial charge in [0.1, 0.15) is 4.88 Å². The molecular weight excluding hydrogens is 284 g/mol. The molecule has 1 aromatic carbocycles. The smallest absolute Gasteiger partial charge is 0.347 e. The van der Waals surface area contributed by atoms with Crippen LogP contribution in [0.3, 0.4) is 0 Å². The molecule has 0 bridgehead atoms. The van der Waals surface area contributed by atoms with Crippen LogP contribution in [0.1, 0.15) is 42.1 Å². The van der Waals surface area contributed by atoms with E-state index in [-0.39, 0.29) is 0 Å². The summed E-state index contributed by atoms with van der Waals surface area (Å²) in [5, 5.41) is 10.1. The first kappa shape index (κ1) is 15.5. The van der Waals surface area contributed by atoms with Crippen LogP contribution < -0.4 is 4.90 Å². The van der Waals surface area contributed by atoms with E-state index in [1.807, 2.05) is 37.3 Å². The zero-order valence-corrected chi connectivity index (χ0v) is 13.2. The van der Waals surface area contributed by atoms with Gasteiger partial charge in [-0.1, -0.05) is 49.8 Å². The summed E-state index contributed by atoms with van der Waals surface area (Å²) in [6.07, 6.45) is 2.76. The van der Waals surface area contributed by atoms with Crippen LogP contribution in [0.5, 0.6) is 0 Å². The number of aromatic carboxylic acids is 1. The lowest BCUT2D eigenvalue weighted by molar-refractivity contribution is 0.0701. The highest BCUT2D eigenvalue weighted by molar-refractivity contribution is 7.17. The maximum absolute atomic E-state index is 11.3. The molecule has 2 rings (SSSR count). The lowest BCUT2D eigenvalue weighted by Gasteiger charge is -2.21. The number of hydrogen-bond donors (Lipinski definition) is 1. The zero-order valence-electron chi connectivity index (χ0n) is 12.4. The number of carbonyl (C=O) groups is 1. The highest BCUT2D eigenvalue weighted by atomic mass is 32.1. The Labute approximate surface area is 129 Å². The first-order valence-corrected chi connectivity index (χ1v) is 8.04. The molecule has 0 fully saturated rings. The quantitative estimate of drug-likeness (QED) is 0.826. The summed E-state index contributed by atoms with van der Waals surface area (Å²) in [5.74, 6) is -0.890. The van der Waals surface area contributed by atoms with E-state index < -0.39 is 5.97 Å². The molecule has 0 aliphatic heterocycles. The van der Waals surface area contributed by atoms with Crippen molar-refractivity contribution >= 4 is 28.1 Å². The third-order valence-corrected chi connectivity index (χ3v) is 4.36. The van der Waals surface area contributed by atoms with Gasteiger partial charge in [-0.05, 0) is 25.0 Å². The number of unbranched alkanes of at least 4 members (excludes halogenated alkanes) is 1. The molecule has 0 saturated carbocycles. The SMILES string of the molecule is CCCCN(c1ccccc1)c1nc(CC)c(C(=O)O)s1. The number of thiazole rings is 1. The Morgan fingerprint density at radius 2 is 2.00 bits per heavy atom. The van der Waals surface area contributed by atoms with Crippen molar-refractivity contribution in [2.75, 3.05) is 11.4 Å². The number of rotatable bonds is 7. The molecule has 2 aromatic rings. The minimum atomic E-state index is -0.890. The first-order valence-electron chi connectivity index (χ1n) is 7.23. The Balaban J connectivity index is 2.39. The highest BCUT2D eigenvalue weighted by Crippen LogP contribution is 2.32. The Morgan fingerprint density at radius 3 is 2.52 bits per heavy atom. The third kappa shape index (κ3) is 3.61. The van der Waals surface area contributed by atoms with Crippen molar-refractivity contribution in [2.24, 2.45) is 0 Å². The molecule has 0 saturated heterocycles. The fraction of sp³-hybridized carbons (Fsp3) is 0.375. The van der Waals surface area contributed by atoms with Crippen molar-refractivity contribution in [3.8, 4) is 0 Å². The van der Waals surface area contributed by atoms with E-state index in [0.717, 1.165) is 30.2 Å². The van der Waals surface area contributed by atoms with Gasteiger partial charge < -0.3 is 10.0 Å². The van der Waals surface area contributed by atoms with Crippen LogP contribution in [-0.4, -0.2) is 22.6 Å². The fourth-order valence-electron chi connectivity index (χ4n) is 2.12. The highest BCUT2D eigenvalue weighted by Gasteiger charge is 2.20. The van der Waals surface area contributed by atoms with Gasteiger partial charge in [0.25, 0.3) is 0 Å². The van der Waals surface area contributed by atoms with E-state index in [4.69, 9.17) is 0 Å². The lowest BCUT2D eigenvalue weighted by atomic mass is 10.2.